The van der Waals surface area contributed by atoms with Crippen molar-refractivity contribution in [2.24, 2.45) is 0 Å². The van der Waals surface area contributed by atoms with Crippen LogP contribution in [0.15, 0.2) is 0 Å². The van der Waals surface area contributed by atoms with Gasteiger partial charge in [-0.25, -0.2) is 4.79 Å². The van der Waals surface area contributed by atoms with E-state index in [2.05, 4.69) is 4.74 Å². The Morgan fingerprint density at radius 1 is 1.53 bits per heavy atom. The van der Waals surface area contributed by atoms with Crippen LogP contribution in [0.3, 0.4) is 0 Å². The van der Waals surface area contributed by atoms with Crippen LogP contribution in [0.1, 0.15) is 6.92 Å². The number of rotatable bonds is 4. The third kappa shape index (κ3) is 3.36. The second kappa shape index (κ2) is 6.27. The molecule has 0 saturated carbocycles. The van der Waals surface area contributed by atoms with Crippen LogP contribution in [-0.4, -0.2) is 72.1 Å². The molecule has 5 atom stereocenters. The molecule has 1 aliphatic rings. The zero-order valence-electron chi connectivity index (χ0n) is 9.78. The quantitative estimate of drug-likeness (QED) is 0.498. The van der Waals surface area contributed by atoms with E-state index in [1.165, 1.54) is 14.0 Å². The van der Waals surface area contributed by atoms with E-state index in [0.717, 1.165) is 0 Å². The summed E-state index contributed by atoms with van der Waals surface area (Å²) in [7, 11) is 1.22. The Bertz CT molecular complexity index is 257. The number of carbonyl (C=O) groups excluding carboxylic acids is 1. The molecule has 0 spiro atoms. The average molecular weight is 250 g/mol. The fraction of sp³-hybridized carbons (Fsp3) is 0.900. The summed E-state index contributed by atoms with van der Waals surface area (Å²) in [4.78, 5) is 11.2. The Morgan fingerprint density at radius 3 is 2.71 bits per heavy atom. The summed E-state index contributed by atoms with van der Waals surface area (Å²) in [5.74, 6) is -0.601. The van der Waals surface area contributed by atoms with Crippen molar-refractivity contribution in [2.45, 2.75) is 37.4 Å². The third-order valence-electron chi connectivity index (χ3n) is 2.65. The van der Waals surface area contributed by atoms with Crippen LogP contribution in [0.2, 0.25) is 0 Å². The molecule has 0 unspecified atom stereocenters. The average Bonchev–Trinajstić information content (AvgIpc) is 2.33. The van der Waals surface area contributed by atoms with Crippen molar-refractivity contribution in [2.75, 3.05) is 20.3 Å². The summed E-state index contributed by atoms with van der Waals surface area (Å²) in [6.07, 6.45) is -4.98. The van der Waals surface area contributed by atoms with Crippen LogP contribution in [-0.2, 0) is 19.0 Å². The van der Waals surface area contributed by atoms with Gasteiger partial charge in [-0.1, -0.05) is 0 Å². The van der Waals surface area contributed by atoms with Crippen molar-refractivity contribution >= 4 is 5.97 Å². The van der Waals surface area contributed by atoms with Crippen molar-refractivity contribution < 1.29 is 34.3 Å². The largest absolute Gasteiger partial charge is 0.467 e. The van der Waals surface area contributed by atoms with Gasteiger partial charge in [-0.2, -0.15) is 0 Å². The van der Waals surface area contributed by atoms with E-state index >= 15 is 0 Å². The standard InChI is InChI=1S/C10H18O7/c1-5(10(14)15-2)17-9-6(12)4-16-7(3-11)8(9)13/h5-9,11-13H,3-4H2,1-2H3/t5-,6+,7-,8-,9-/m1/s1. The fourth-order valence-electron chi connectivity index (χ4n) is 1.64. The number of methoxy groups -OCH3 is 1. The molecule has 0 amide bonds. The molecule has 1 heterocycles. The maximum absolute atomic E-state index is 11.2. The van der Waals surface area contributed by atoms with Gasteiger partial charge in [0.2, 0.25) is 0 Å². The van der Waals surface area contributed by atoms with Gasteiger partial charge in [-0.15, -0.1) is 0 Å². The van der Waals surface area contributed by atoms with Crippen LogP contribution >= 0.6 is 0 Å². The number of hydrogen-bond acceptors (Lipinski definition) is 7. The Hall–Kier alpha value is -0.730. The van der Waals surface area contributed by atoms with E-state index in [0.29, 0.717) is 0 Å². The van der Waals surface area contributed by atoms with Gasteiger partial charge in [0, 0.05) is 0 Å². The van der Waals surface area contributed by atoms with Gasteiger partial charge >= 0.3 is 5.97 Å². The first-order valence-electron chi connectivity index (χ1n) is 5.33. The Labute approximate surface area is 98.9 Å². The summed E-state index contributed by atoms with van der Waals surface area (Å²) in [6.45, 7) is 0.996. The molecule has 7 heteroatoms. The van der Waals surface area contributed by atoms with Crippen molar-refractivity contribution in [1.82, 2.24) is 0 Å². The minimum absolute atomic E-state index is 0.0686. The number of carbonyl (C=O) groups is 1. The minimum Gasteiger partial charge on any atom is -0.467 e. The first-order valence-corrected chi connectivity index (χ1v) is 5.33. The van der Waals surface area contributed by atoms with E-state index in [-0.39, 0.29) is 13.2 Å². The zero-order chi connectivity index (χ0) is 13.0. The topological polar surface area (TPSA) is 105 Å². The summed E-state index contributed by atoms with van der Waals surface area (Å²) in [6, 6.07) is 0. The summed E-state index contributed by atoms with van der Waals surface area (Å²) >= 11 is 0. The van der Waals surface area contributed by atoms with E-state index in [9.17, 15) is 15.0 Å². The predicted octanol–water partition coefficient (Wildman–Crippen LogP) is -1.95. The highest BCUT2D eigenvalue weighted by Crippen LogP contribution is 2.19. The highest BCUT2D eigenvalue weighted by Gasteiger charge is 2.40. The molecule has 0 aliphatic carbocycles. The van der Waals surface area contributed by atoms with Crippen molar-refractivity contribution in [1.29, 1.82) is 0 Å². The third-order valence-corrected chi connectivity index (χ3v) is 2.65. The molecule has 0 aromatic heterocycles. The number of hydrogen-bond donors (Lipinski definition) is 3. The molecule has 0 aromatic carbocycles. The van der Waals surface area contributed by atoms with Gasteiger partial charge < -0.3 is 29.5 Å². The maximum Gasteiger partial charge on any atom is 0.334 e. The van der Waals surface area contributed by atoms with Crippen LogP contribution < -0.4 is 0 Å². The second-order valence-corrected chi connectivity index (χ2v) is 3.88. The van der Waals surface area contributed by atoms with Crippen LogP contribution in [0.5, 0.6) is 0 Å². The highest BCUT2D eigenvalue weighted by molar-refractivity contribution is 5.73. The zero-order valence-corrected chi connectivity index (χ0v) is 9.78. The fourth-order valence-corrected chi connectivity index (χ4v) is 1.64. The van der Waals surface area contributed by atoms with Crippen molar-refractivity contribution in [3.63, 3.8) is 0 Å². The molecule has 0 radical (unpaired) electrons. The van der Waals surface area contributed by atoms with Crippen LogP contribution in [0.25, 0.3) is 0 Å². The molecule has 1 saturated heterocycles. The number of ether oxygens (including phenoxy) is 3. The van der Waals surface area contributed by atoms with E-state index in [1.807, 2.05) is 0 Å². The van der Waals surface area contributed by atoms with Gasteiger partial charge in [0.1, 0.15) is 24.4 Å². The first-order chi connectivity index (χ1) is 8.01. The van der Waals surface area contributed by atoms with E-state index in [1.54, 1.807) is 0 Å². The van der Waals surface area contributed by atoms with Gasteiger partial charge in [0.05, 0.1) is 20.3 Å². The number of esters is 1. The lowest BCUT2D eigenvalue weighted by atomic mass is 10.00. The Morgan fingerprint density at radius 2 is 2.18 bits per heavy atom. The Balaban J connectivity index is 2.62. The van der Waals surface area contributed by atoms with Crippen LogP contribution in [0.4, 0.5) is 0 Å². The SMILES string of the molecule is COC(=O)[C@@H](C)O[C@H]1[C@H](O)[C@@H](CO)OC[C@@H]1O. The molecular formula is C10H18O7. The highest BCUT2D eigenvalue weighted by atomic mass is 16.6. The molecule has 1 fully saturated rings. The molecule has 3 N–H and O–H groups in total. The summed E-state index contributed by atoms with van der Waals surface area (Å²) in [5, 5.41) is 28.3. The lowest BCUT2D eigenvalue weighted by molar-refractivity contribution is -0.224. The second-order valence-electron chi connectivity index (χ2n) is 3.88. The maximum atomic E-state index is 11.2. The molecule has 1 aliphatic heterocycles. The minimum atomic E-state index is -1.20. The molecule has 17 heavy (non-hydrogen) atoms. The molecule has 100 valence electrons. The molecule has 0 bridgehead atoms. The summed E-state index contributed by atoms with van der Waals surface area (Å²) < 4.78 is 14.7. The number of aliphatic hydroxyl groups excluding tert-OH is 3. The van der Waals surface area contributed by atoms with E-state index in [4.69, 9.17) is 14.6 Å². The molecule has 1 rings (SSSR count). The molecule has 0 aromatic rings. The smallest absolute Gasteiger partial charge is 0.334 e. The van der Waals surface area contributed by atoms with Crippen molar-refractivity contribution in [3.8, 4) is 0 Å². The monoisotopic (exact) mass is 250 g/mol. The van der Waals surface area contributed by atoms with Crippen LogP contribution in [0, 0.1) is 0 Å². The van der Waals surface area contributed by atoms with Gasteiger partial charge in [0.25, 0.3) is 0 Å². The normalized spacial score (nSPS) is 35.4. The number of aliphatic hydroxyl groups is 3. The predicted molar refractivity (Wildman–Crippen MR) is 55.2 cm³/mol. The van der Waals surface area contributed by atoms with Gasteiger partial charge in [-0.3, -0.25) is 0 Å². The van der Waals surface area contributed by atoms with Gasteiger partial charge in [0.15, 0.2) is 6.10 Å². The lowest BCUT2D eigenvalue weighted by Crippen LogP contribution is -2.56. The lowest BCUT2D eigenvalue weighted by Gasteiger charge is -2.37. The molecular weight excluding hydrogens is 232 g/mol. The Kier molecular flexibility index (Phi) is 5.29. The molecule has 7 nitrogen and oxygen atoms in total. The van der Waals surface area contributed by atoms with Crippen molar-refractivity contribution in [3.05, 3.63) is 0 Å². The van der Waals surface area contributed by atoms with Gasteiger partial charge in [-0.05, 0) is 6.92 Å². The summed E-state index contributed by atoms with van der Waals surface area (Å²) in [5.41, 5.74) is 0. The van der Waals surface area contributed by atoms with E-state index < -0.39 is 36.5 Å². The first kappa shape index (κ1) is 14.3.